The average molecular weight is 372 g/mol. The summed E-state index contributed by atoms with van der Waals surface area (Å²) in [4.78, 5) is 7.60. The molecular weight excluding hydrogens is 355 g/mol. The van der Waals surface area contributed by atoms with Gasteiger partial charge in [-0.1, -0.05) is 6.08 Å². The summed E-state index contributed by atoms with van der Waals surface area (Å²) in [6.07, 6.45) is 3.86. The maximum absolute atomic E-state index is 13.8. The van der Waals surface area contributed by atoms with Crippen LogP contribution in [0.4, 0.5) is 4.39 Å². The lowest BCUT2D eigenvalue weighted by atomic mass is 10.0. The van der Waals surface area contributed by atoms with Gasteiger partial charge in [0.25, 0.3) is 0 Å². The van der Waals surface area contributed by atoms with Gasteiger partial charge >= 0.3 is 0 Å². The largest absolute Gasteiger partial charge is 0.496 e. The molecule has 5 nitrogen and oxygen atoms in total. The highest BCUT2D eigenvalue weighted by Gasteiger charge is 2.20. The molecular formula is C19H17FN2O3S. The van der Waals surface area contributed by atoms with E-state index in [1.54, 1.807) is 25.4 Å². The van der Waals surface area contributed by atoms with E-state index in [0.717, 1.165) is 22.2 Å². The van der Waals surface area contributed by atoms with Crippen molar-refractivity contribution in [2.45, 2.75) is 6.42 Å². The van der Waals surface area contributed by atoms with Crippen molar-refractivity contribution >= 4 is 26.4 Å². The number of rotatable bonds is 3. The van der Waals surface area contributed by atoms with E-state index in [2.05, 4.69) is 9.97 Å². The molecule has 26 heavy (non-hydrogen) atoms. The Kier molecular flexibility index (Phi) is 4.03. The van der Waals surface area contributed by atoms with Crippen molar-refractivity contribution in [3.05, 3.63) is 54.1 Å². The fraction of sp³-hybridized carbons (Fsp3) is 0.211. The third-order valence-corrected chi connectivity index (χ3v) is 6.10. The number of nitrogens with zero attached hydrogens (tertiary/aromatic N) is 1. The Hall–Kier alpha value is -2.67. The first-order valence-corrected chi connectivity index (χ1v) is 10.0. The second kappa shape index (κ2) is 6.25. The van der Waals surface area contributed by atoms with E-state index >= 15 is 0 Å². The Labute approximate surface area is 150 Å². The molecule has 1 aromatic carbocycles. The molecule has 0 bridgehead atoms. The van der Waals surface area contributed by atoms with Crippen LogP contribution in [0.3, 0.4) is 0 Å². The molecule has 0 atom stereocenters. The molecule has 0 fully saturated rings. The van der Waals surface area contributed by atoms with Crippen LogP contribution in [-0.2, 0) is 9.84 Å². The van der Waals surface area contributed by atoms with Crippen LogP contribution >= 0.6 is 0 Å². The second-order valence-corrected chi connectivity index (χ2v) is 8.47. The molecule has 1 aliphatic rings. The summed E-state index contributed by atoms with van der Waals surface area (Å²) in [6.45, 7) is 0. The highest BCUT2D eigenvalue weighted by Crippen LogP contribution is 2.36. The number of halogens is 1. The number of H-pyrrole nitrogens is 1. The first kappa shape index (κ1) is 16.8. The van der Waals surface area contributed by atoms with Crippen molar-refractivity contribution in [3.63, 3.8) is 0 Å². The van der Waals surface area contributed by atoms with Crippen LogP contribution in [0.15, 0.2) is 42.6 Å². The Bertz CT molecular complexity index is 1130. The lowest BCUT2D eigenvalue weighted by Gasteiger charge is -2.11. The number of ether oxygens (including phenoxy) is 1. The third-order valence-electron chi connectivity index (χ3n) is 4.60. The summed E-state index contributed by atoms with van der Waals surface area (Å²) in [5.74, 6) is 0.424. The molecule has 3 heterocycles. The average Bonchev–Trinajstić information content (AvgIpc) is 3.05. The summed E-state index contributed by atoms with van der Waals surface area (Å²) < 4.78 is 42.4. The number of fused-ring (bicyclic) bond motifs is 1. The van der Waals surface area contributed by atoms with Crippen molar-refractivity contribution in [1.82, 2.24) is 9.97 Å². The van der Waals surface area contributed by atoms with Gasteiger partial charge in [-0.15, -0.1) is 0 Å². The van der Waals surface area contributed by atoms with Crippen molar-refractivity contribution in [2.75, 3.05) is 18.6 Å². The zero-order chi connectivity index (χ0) is 18.3. The summed E-state index contributed by atoms with van der Waals surface area (Å²) >= 11 is 0. The Balaban J connectivity index is 1.85. The van der Waals surface area contributed by atoms with Crippen LogP contribution in [0, 0.1) is 5.82 Å². The third kappa shape index (κ3) is 2.99. The van der Waals surface area contributed by atoms with Gasteiger partial charge < -0.3 is 9.72 Å². The first-order valence-electron chi connectivity index (χ1n) is 8.18. The normalized spacial score (nSPS) is 16.5. The van der Waals surface area contributed by atoms with Crippen LogP contribution in [0.2, 0.25) is 0 Å². The number of sulfone groups is 1. The number of hydrogen-bond acceptors (Lipinski definition) is 4. The lowest BCUT2D eigenvalue weighted by Crippen LogP contribution is -2.15. The van der Waals surface area contributed by atoms with E-state index in [4.69, 9.17) is 4.74 Å². The van der Waals surface area contributed by atoms with E-state index in [1.807, 2.05) is 12.1 Å². The number of aromatic nitrogens is 2. The molecule has 134 valence electrons. The van der Waals surface area contributed by atoms with Gasteiger partial charge in [0.2, 0.25) is 0 Å². The van der Waals surface area contributed by atoms with Gasteiger partial charge in [0.15, 0.2) is 9.84 Å². The van der Waals surface area contributed by atoms with E-state index in [-0.39, 0.29) is 17.3 Å². The van der Waals surface area contributed by atoms with E-state index in [1.165, 1.54) is 12.1 Å². The molecule has 0 amide bonds. The lowest BCUT2D eigenvalue weighted by molar-refractivity contribution is 0.415. The topological polar surface area (TPSA) is 72.0 Å². The van der Waals surface area contributed by atoms with Gasteiger partial charge in [-0.3, -0.25) is 0 Å². The molecule has 0 unspecified atom stereocenters. The van der Waals surface area contributed by atoms with Crippen LogP contribution in [0.25, 0.3) is 27.7 Å². The number of benzene rings is 1. The summed E-state index contributed by atoms with van der Waals surface area (Å²) in [5, 5.41) is 0.834. The smallest absolute Gasteiger partial charge is 0.154 e. The Morgan fingerprint density at radius 3 is 2.77 bits per heavy atom. The Morgan fingerprint density at radius 1 is 1.19 bits per heavy atom. The summed E-state index contributed by atoms with van der Waals surface area (Å²) in [7, 11) is -1.44. The highest BCUT2D eigenvalue weighted by molar-refractivity contribution is 7.91. The van der Waals surface area contributed by atoms with Crippen molar-refractivity contribution < 1.29 is 17.5 Å². The van der Waals surface area contributed by atoms with Gasteiger partial charge in [0.1, 0.15) is 17.2 Å². The van der Waals surface area contributed by atoms with E-state index < -0.39 is 9.84 Å². The quantitative estimate of drug-likeness (QED) is 0.763. The molecule has 0 saturated heterocycles. The highest BCUT2D eigenvalue weighted by atomic mass is 32.2. The van der Waals surface area contributed by atoms with Gasteiger partial charge in [-0.05, 0) is 47.9 Å². The van der Waals surface area contributed by atoms with Crippen LogP contribution < -0.4 is 4.74 Å². The molecule has 0 spiro atoms. The number of pyridine rings is 1. The van der Waals surface area contributed by atoms with E-state index in [9.17, 15) is 12.8 Å². The number of nitrogens with one attached hydrogen (secondary N) is 1. The fourth-order valence-electron chi connectivity index (χ4n) is 3.25. The van der Waals surface area contributed by atoms with Gasteiger partial charge in [-0.25, -0.2) is 17.8 Å². The standard InChI is InChI=1S/C19H17FN2O3S/c1-25-18-3-2-13(20)10-15(18)14-4-7-21-19-16(14)11-17(22-19)12-5-8-26(23,24)9-6-12/h2-5,7,10-11H,6,8-9H2,1H3,(H,21,22). The van der Waals surface area contributed by atoms with Crippen molar-refractivity contribution in [1.29, 1.82) is 0 Å². The van der Waals surface area contributed by atoms with Crippen LogP contribution in [-0.4, -0.2) is 37.0 Å². The summed E-state index contributed by atoms with van der Waals surface area (Å²) in [6, 6.07) is 8.14. The monoisotopic (exact) mass is 372 g/mol. The first-order chi connectivity index (χ1) is 12.5. The minimum absolute atomic E-state index is 0.0513. The van der Waals surface area contributed by atoms with Crippen LogP contribution in [0.1, 0.15) is 12.1 Å². The molecule has 3 aromatic rings. The molecule has 7 heteroatoms. The maximum atomic E-state index is 13.8. The summed E-state index contributed by atoms with van der Waals surface area (Å²) in [5.41, 5.74) is 3.90. The minimum atomic E-state index is -2.98. The van der Waals surface area contributed by atoms with Gasteiger partial charge in [0, 0.05) is 22.8 Å². The molecule has 1 aliphatic heterocycles. The fourth-order valence-corrected chi connectivity index (χ4v) is 4.40. The molecule has 1 N–H and O–H groups in total. The van der Waals surface area contributed by atoms with Crippen molar-refractivity contribution in [3.8, 4) is 16.9 Å². The molecule has 0 saturated carbocycles. The van der Waals surface area contributed by atoms with Gasteiger partial charge in [0.05, 0.1) is 18.6 Å². The molecule has 4 rings (SSSR count). The SMILES string of the molecule is COc1ccc(F)cc1-c1ccnc2[nH]c(C3=CCS(=O)(=O)CC3)cc12. The zero-order valence-corrected chi connectivity index (χ0v) is 14.9. The second-order valence-electron chi connectivity index (χ2n) is 6.24. The number of aromatic amines is 1. The van der Waals surface area contributed by atoms with E-state index in [0.29, 0.717) is 23.4 Å². The number of hydrogen-bond donors (Lipinski definition) is 1. The van der Waals surface area contributed by atoms with Crippen LogP contribution in [0.5, 0.6) is 5.75 Å². The maximum Gasteiger partial charge on any atom is 0.154 e. The van der Waals surface area contributed by atoms with Crippen molar-refractivity contribution in [2.24, 2.45) is 0 Å². The number of allylic oxidation sites excluding steroid dienone is 1. The predicted molar refractivity (Wildman–Crippen MR) is 99.3 cm³/mol. The molecule has 2 aromatic heterocycles. The zero-order valence-electron chi connectivity index (χ0n) is 14.1. The molecule has 0 radical (unpaired) electrons. The minimum Gasteiger partial charge on any atom is -0.496 e. The Morgan fingerprint density at radius 2 is 2.04 bits per heavy atom. The number of methoxy groups -OCH3 is 1. The van der Waals surface area contributed by atoms with Gasteiger partial charge in [-0.2, -0.15) is 0 Å². The predicted octanol–water partition coefficient (Wildman–Crippen LogP) is 3.58. The molecule has 0 aliphatic carbocycles.